The highest BCUT2D eigenvalue weighted by Gasteiger charge is 2.17. The van der Waals surface area contributed by atoms with Crippen molar-refractivity contribution in [1.82, 2.24) is 9.97 Å². The van der Waals surface area contributed by atoms with Crippen molar-refractivity contribution in [3.8, 4) is 0 Å². The van der Waals surface area contributed by atoms with Gasteiger partial charge >= 0.3 is 0 Å². The van der Waals surface area contributed by atoms with Crippen molar-refractivity contribution < 1.29 is 5.11 Å². The van der Waals surface area contributed by atoms with Gasteiger partial charge in [-0.3, -0.25) is 0 Å². The van der Waals surface area contributed by atoms with Crippen LogP contribution in [0.1, 0.15) is 35.4 Å². The lowest BCUT2D eigenvalue weighted by atomic mass is 10.2. The van der Waals surface area contributed by atoms with Gasteiger partial charge < -0.3 is 10.8 Å². The molecule has 0 bridgehead atoms. The quantitative estimate of drug-likeness (QED) is 0.886. The third kappa shape index (κ3) is 3.07. The second-order valence-electron chi connectivity index (χ2n) is 5.19. The van der Waals surface area contributed by atoms with Crippen molar-refractivity contribution in [2.75, 3.05) is 18.1 Å². The van der Waals surface area contributed by atoms with Crippen LogP contribution in [0.4, 0.5) is 5.82 Å². The lowest BCUT2D eigenvalue weighted by Crippen LogP contribution is -2.07. The fraction of sp³-hybridized carbons (Fsp3) is 0.571. The molecule has 2 heterocycles. The maximum absolute atomic E-state index is 9.07. The average Bonchev–Trinajstić information content (AvgIpc) is 2.71. The summed E-state index contributed by atoms with van der Waals surface area (Å²) in [4.78, 5) is 11.4. The lowest BCUT2D eigenvalue weighted by molar-refractivity contribution is 0.250. The number of aryl methyl sites for hydroxylation is 2. The van der Waals surface area contributed by atoms with Crippen LogP contribution in [-0.4, -0.2) is 27.4 Å². The summed E-state index contributed by atoms with van der Waals surface area (Å²) in [6.07, 6.45) is 0. The number of fused-ring (bicyclic) bond motifs is 1. The number of thioether (sulfide) groups is 1. The predicted octanol–water partition coefficient (Wildman–Crippen LogP) is 3.31. The number of aliphatic hydroxyl groups excluding tert-OH is 1. The first-order chi connectivity index (χ1) is 9.43. The van der Waals surface area contributed by atoms with E-state index in [2.05, 4.69) is 30.7 Å². The molecule has 2 unspecified atom stereocenters. The fourth-order valence-corrected chi connectivity index (χ4v) is 3.94. The summed E-state index contributed by atoms with van der Waals surface area (Å²) >= 11 is 3.43. The average molecular weight is 311 g/mol. The Morgan fingerprint density at radius 1 is 1.30 bits per heavy atom. The minimum atomic E-state index is 0.179. The van der Waals surface area contributed by atoms with Crippen LogP contribution in [-0.2, 0) is 0 Å². The molecule has 0 aliphatic rings. The van der Waals surface area contributed by atoms with Crippen LogP contribution < -0.4 is 5.73 Å². The van der Waals surface area contributed by atoms with Gasteiger partial charge in [0.25, 0.3) is 0 Å². The first-order valence-electron chi connectivity index (χ1n) is 6.69. The third-order valence-electron chi connectivity index (χ3n) is 3.38. The number of nitrogens with zero attached hydrogens (tertiary/aromatic N) is 2. The Balaban J connectivity index is 2.27. The minimum Gasteiger partial charge on any atom is -0.396 e. The van der Waals surface area contributed by atoms with E-state index in [1.165, 1.54) is 10.4 Å². The number of anilines is 1. The number of aliphatic hydroxyl groups is 1. The van der Waals surface area contributed by atoms with E-state index in [4.69, 9.17) is 10.8 Å². The van der Waals surface area contributed by atoms with Gasteiger partial charge in [0.1, 0.15) is 16.5 Å². The Labute approximate surface area is 127 Å². The second-order valence-corrected chi connectivity index (χ2v) is 7.77. The molecule has 2 aromatic heterocycles. The molecule has 0 amide bonds. The molecule has 0 saturated heterocycles. The molecule has 0 saturated carbocycles. The van der Waals surface area contributed by atoms with Gasteiger partial charge in [-0.25, -0.2) is 9.97 Å². The molecule has 2 aromatic rings. The van der Waals surface area contributed by atoms with E-state index in [1.807, 2.05) is 6.92 Å². The smallest absolute Gasteiger partial charge is 0.145 e. The first-order valence-corrected chi connectivity index (χ1v) is 8.56. The molecule has 6 heteroatoms. The van der Waals surface area contributed by atoms with Gasteiger partial charge in [0.15, 0.2) is 0 Å². The predicted molar refractivity (Wildman–Crippen MR) is 88.4 cm³/mol. The van der Waals surface area contributed by atoms with Gasteiger partial charge in [-0.05, 0) is 38.0 Å². The van der Waals surface area contributed by atoms with Crippen molar-refractivity contribution in [1.29, 1.82) is 0 Å². The van der Waals surface area contributed by atoms with E-state index in [-0.39, 0.29) is 17.8 Å². The second kappa shape index (κ2) is 6.28. The van der Waals surface area contributed by atoms with Gasteiger partial charge in [0.05, 0.1) is 10.6 Å². The topological polar surface area (TPSA) is 72.0 Å². The van der Waals surface area contributed by atoms with Crippen LogP contribution in [0.3, 0.4) is 0 Å². The van der Waals surface area contributed by atoms with E-state index < -0.39 is 0 Å². The highest BCUT2D eigenvalue weighted by atomic mass is 32.2. The Bertz CT molecular complexity index is 612. The molecule has 110 valence electrons. The first kappa shape index (κ1) is 15.5. The molecule has 4 nitrogen and oxygen atoms in total. The molecule has 2 atom stereocenters. The minimum absolute atomic E-state index is 0.179. The normalized spacial score (nSPS) is 14.7. The molecule has 0 spiro atoms. The van der Waals surface area contributed by atoms with Crippen molar-refractivity contribution >= 4 is 39.1 Å². The third-order valence-corrected chi connectivity index (χ3v) is 5.95. The van der Waals surface area contributed by atoms with Crippen molar-refractivity contribution in [2.45, 2.75) is 32.9 Å². The van der Waals surface area contributed by atoms with Crippen molar-refractivity contribution in [2.24, 2.45) is 5.92 Å². The summed E-state index contributed by atoms with van der Waals surface area (Å²) in [5, 5.41) is 10.3. The van der Waals surface area contributed by atoms with Crippen LogP contribution in [0.5, 0.6) is 0 Å². The van der Waals surface area contributed by atoms with E-state index in [0.717, 1.165) is 21.8 Å². The van der Waals surface area contributed by atoms with Gasteiger partial charge in [-0.1, -0.05) is 6.92 Å². The Kier molecular flexibility index (Phi) is 4.88. The number of thiophene rings is 1. The SMILES string of the molecule is Cc1sc2nc(C(C)SCC(C)CO)nc(N)c2c1C. The summed E-state index contributed by atoms with van der Waals surface area (Å²) in [7, 11) is 0. The van der Waals surface area contributed by atoms with Gasteiger partial charge in [-0.15, -0.1) is 11.3 Å². The number of aromatic nitrogens is 2. The molecule has 0 fully saturated rings. The van der Waals surface area contributed by atoms with Gasteiger partial charge in [0.2, 0.25) is 0 Å². The van der Waals surface area contributed by atoms with Crippen LogP contribution in [0.2, 0.25) is 0 Å². The zero-order valence-electron chi connectivity index (χ0n) is 12.3. The largest absolute Gasteiger partial charge is 0.396 e. The monoisotopic (exact) mass is 311 g/mol. The van der Waals surface area contributed by atoms with Crippen LogP contribution >= 0.6 is 23.1 Å². The van der Waals surface area contributed by atoms with E-state index in [1.54, 1.807) is 23.1 Å². The lowest BCUT2D eigenvalue weighted by Gasteiger charge is -2.13. The molecular weight excluding hydrogens is 290 g/mol. The molecule has 20 heavy (non-hydrogen) atoms. The number of rotatable bonds is 5. The number of hydrogen-bond acceptors (Lipinski definition) is 6. The number of nitrogens with two attached hydrogens (primary N) is 1. The van der Waals surface area contributed by atoms with Crippen LogP contribution in [0.25, 0.3) is 10.2 Å². The summed E-state index contributed by atoms with van der Waals surface area (Å²) in [5.74, 6) is 2.54. The summed E-state index contributed by atoms with van der Waals surface area (Å²) < 4.78 is 0. The highest BCUT2D eigenvalue weighted by Crippen LogP contribution is 2.35. The van der Waals surface area contributed by atoms with E-state index in [0.29, 0.717) is 5.82 Å². The van der Waals surface area contributed by atoms with Crippen molar-refractivity contribution in [3.63, 3.8) is 0 Å². The van der Waals surface area contributed by atoms with E-state index in [9.17, 15) is 0 Å². The highest BCUT2D eigenvalue weighted by molar-refractivity contribution is 7.99. The van der Waals surface area contributed by atoms with Crippen LogP contribution in [0.15, 0.2) is 0 Å². The molecule has 2 rings (SSSR count). The Hall–Kier alpha value is -0.850. The Morgan fingerprint density at radius 3 is 2.65 bits per heavy atom. The molecule has 0 radical (unpaired) electrons. The van der Waals surface area contributed by atoms with Gasteiger partial charge in [0, 0.05) is 11.5 Å². The van der Waals surface area contributed by atoms with E-state index >= 15 is 0 Å². The summed E-state index contributed by atoms with van der Waals surface area (Å²) in [5.41, 5.74) is 7.28. The summed E-state index contributed by atoms with van der Waals surface area (Å²) in [6, 6.07) is 0. The molecule has 0 aliphatic heterocycles. The maximum Gasteiger partial charge on any atom is 0.145 e. The van der Waals surface area contributed by atoms with Crippen LogP contribution in [0, 0.1) is 19.8 Å². The maximum atomic E-state index is 9.07. The molecule has 3 N–H and O–H groups in total. The zero-order valence-corrected chi connectivity index (χ0v) is 13.9. The fourth-order valence-electron chi connectivity index (χ4n) is 1.92. The van der Waals surface area contributed by atoms with Gasteiger partial charge in [-0.2, -0.15) is 11.8 Å². The number of hydrogen-bond donors (Lipinski definition) is 2. The standard InChI is InChI=1S/C14H21N3OS2/c1-7(5-18)6-19-10(4)13-16-12(15)11-8(2)9(3)20-14(11)17-13/h7,10,18H,5-6H2,1-4H3,(H2,15,16,17). The number of nitrogen functional groups attached to an aromatic ring is 1. The molecule has 0 aliphatic carbocycles. The molecule has 0 aromatic carbocycles. The molecular formula is C14H21N3OS2. The zero-order chi connectivity index (χ0) is 14.9. The van der Waals surface area contributed by atoms with Crippen molar-refractivity contribution in [3.05, 3.63) is 16.3 Å². The Morgan fingerprint density at radius 2 is 2.00 bits per heavy atom. The summed E-state index contributed by atoms with van der Waals surface area (Å²) in [6.45, 7) is 8.48.